The Balaban J connectivity index is 3.01. The minimum atomic E-state index is -2.81. The lowest BCUT2D eigenvalue weighted by atomic mass is 10.1. The summed E-state index contributed by atoms with van der Waals surface area (Å²) in [6.45, 7) is 1.62. The van der Waals surface area contributed by atoms with Gasteiger partial charge in [-0.05, 0) is 24.6 Å². The molecule has 1 rings (SSSR count). The van der Waals surface area contributed by atoms with E-state index in [1.54, 1.807) is 6.92 Å². The maximum absolute atomic E-state index is 12.1. The van der Waals surface area contributed by atoms with E-state index < -0.39 is 12.5 Å². The first-order chi connectivity index (χ1) is 6.00. The van der Waals surface area contributed by atoms with E-state index in [1.165, 1.54) is 12.1 Å². The van der Waals surface area contributed by atoms with Crippen LogP contribution in [0.1, 0.15) is 17.4 Å². The largest absolute Gasteiger partial charge is 0.382 e. The zero-order valence-corrected chi connectivity index (χ0v) is 7.59. The second kappa shape index (κ2) is 3.98. The summed E-state index contributed by atoms with van der Waals surface area (Å²) in [5.41, 5.74) is 0.592. The average Bonchev–Trinajstić information content (AvgIpc) is 2.01. The number of aliphatic hydroxyl groups excluding tert-OH is 1. The van der Waals surface area contributed by atoms with Crippen molar-refractivity contribution in [2.75, 3.05) is 0 Å². The minimum Gasteiger partial charge on any atom is -0.382 e. The van der Waals surface area contributed by atoms with Crippen molar-refractivity contribution < 1.29 is 13.9 Å². The first-order valence-electron chi connectivity index (χ1n) is 3.61. The van der Waals surface area contributed by atoms with Crippen molar-refractivity contribution in [1.82, 2.24) is 4.98 Å². The molecule has 5 heteroatoms. The van der Waals surface area contributed by atoms with Crippen molar-refractivity contribution in [1.29, 1.82) is 0 Å². The van der Waals surface area contributed by atoms with Crippen LogP contribution in [0.15, 0.2) is 12.1 Å². The summed E-state index contributed by atoms with van der Waals surface area (Å²) in [6, 6.07) is 2.61. The van der Waals surface area contributed by atoms with E-state index in [-0.39, 0.29) is 10.7 Å². The van der Waals surface area contributed by atoms with E-state index in [0.717, 1.165) is 0 Å². The molecule has 1 heterocycles. The number of alkyl halides is 2. The predicted molar refractivity (Wildman–Crippen MR) is 44.9 cm³/mol. The van der Waals surface area contributed by atoms with Crippen LogP contribution < -0.4 is 0 Å². The van der Waals surface area contributed by atoms with Gasteiger partial charge >= 0.3 is 0 Å². The summed E-state index contributed by atoms with van der Waals surface area (Å²) in [5, 5.41) is 9.12. The van der Waals surface area contributed by atoms with Crippen molar-refractivity contribution in [2.24, 2.45) is 0 Å². The molecule has 0 aliphatic rings. The molecule has 13 heavy (non-hydrogen) atoms. The van der Waals surface area contributed by atoms with Crippen molar-refractivity contribution in [2.45, 2.75) is 19.5 Å². The molecule has 72 valence electrons. The van der Waals surface area contributed by atoms with Crippen molar-refractivity contribution in [3.8, 4) is 0 Å². The third-order valence-electron chi connectivity index (χ3n) is 1.52. The van der Waals surface area contributed by atoms with Gasteiger partial charge in [-0.2, -0.15) is 0 Å². The van der Waals surface area contributed by atoms with Crippen LogP contribution in [0.25, 0.3) is 0 Å². The fourth-order valence-corrected chi connectivity index (χ4v) is 1.23. The van der Waals surface area contributed by atoms with Crippen LogP contribution in [-0.4, -0.2) is 16.5 Å². The van der Waals surface area contributed by atoms with Crippen LogP contribution >= 0.6 is 11.6 Å². The molecular weight excluding hydrogens is 200 g/mol. The van der Waals surface area contributed by atoms with E-state index in [4.69, 9.17) is 16.7 Å². The van der Waals surface area contributed by atoms with Gasteiger partial charge in [-0.25, -0.2) is 13.8 Å². The molecule has 0 saturated carbocycles. The Bertz CT molecular complexity index is 286. The molecule has 1 aromatic rings. The van der Waals surface area contributed by atoms with Gasteiger partial charge in [0.15, 0.2) is 0 Å². The Morgan fingerprint density at radius 1 is 1.46 bits per heavy atom. The number of aliphatic hydroxyl groups is 1. The number of rotatable bonds is 2. The molecule has 0 radical (unpaired) electrons. The molecule has 0 fully saturated rings. The van der Waals surface area contributed by atoms with Gasteiger partial charge < -0.3 is 5.11 Å². The van der Waals surface area contributed by atoms with Gasteiger partial charge in [-0.1, -0.05) is 11.6 Å². The zero-order valence-electron chi connectivity index (χ0n) is 6.84. The quantitative estimate of drug-likeness (QED) is 0.756. The molecule has 0 spiro atoms. The summed E-state index contributed by atoms with van der Waals surface area (Å²) in [7, 11) is 0. The van der Waals surface area contributed by atoms with Crippen molar-refractivity contribution >= 4 is 11.6 Å². The fraction of sp³-hybridized carbons (Fsp3) is 0.375. The number of aromatic nitrogens is 1. The van der Waals surface area contributed by atoms with Gasteiger partial charge in [0.05, 0.1) is 0 Å². The number of hydrogen-bond acceptors (Lipinski definition) is 2. The van der Waals surface area contributed by atoms with Crippen LogP contribution in [0.5, 0.6) is 0 Å². The number of halogens is 3. The molecule has 1 N–H and O–H groups in total. The number of aryl methyl sites for hydroxylation is 1. The third-order valence-corrected chi connectivity index (χ3v) is 1.72. The predicted octanol–water partition coefficient (Wildman–Crippen LogP) is 2.34. The Morgan fingerprint density at radius 3 is 2.54 bits per heavy atom. The highest BCUT2D eigenvalue weighted by molar-refractivity contribution is 6.29. The van der Waals surface area contributed by atoms with Gasteiger partial charge in [-0.3, -0.25) is 0 Å². The molecular formula is C8H8ClF2NO. The smallest absolute Gasteiger partial charge is 0.268 e. The van der Waals surface area contributed by atoms with Crippen LogP contribution in [0.3, 0.4) is 0 Å². The molecule has 0 bridgehead atoms. The van der Waals surface area contributed by atoms with Gasteiger partial charge in [0.1, 0.15) is 11.3 Å². The lowest BCUT2D eigenvalue weighted by Gasteiger charge is -2.10. The van der Waals surface area contributed by atoms with Gasteiger partial charge in [-0.15, -0.1) is 0 Å². The second-order valence-corrected chi connectivity index (χ2v) is 3.03. The fourth-order valence-electron chi connectivity index (χ4n) is 0.970. The van der Waals surface area contributed by atoms with E-state index in [9.17, 15) is 8.78 Å². The van der Waals surface area contributed by atoms with E-state index in [2.05, 4.69) is 4.98 Å². The van der Waals surface area contributed by atoms with Crippen LogP contribution in [0, 0.1) is 6.92 Å². The highest BCUT2D eigenvalue weighted by atomic mass is 35.5. The number of pyridine rings is 1. The third kappa shape index (κ3) is 2.60. The maximum Gasteiger partial charge on any atom is 0.268 e. The molecule has 2 nitrogen and oxygen atoms in total. The first-order valence-corrected chi connectivity index (χ1v) is 3.99. The zero-order chi connectivity index (χ0) is 10.0. The molecule has 1 unspecified atom stereocenters. The highest BCUT2D eigenvalue weighted by Gasteiger charge is 2.19. The molecule has 0 aliphatic carbocycles. The average molecular weight is 208 g/mol. The lowest BCUT2D eigenvalue weighted by Crippen LogP contribution is -2.08. The summed E-state index contributed by atoms with van der Waals surface area (Å²) in [5.74, 6) is 0. The Morgan fingerprint density at radius 2 is 2.08 bits per heavy atom. The second-order valence-electron chi connectivity index (χ2n) is 2.64. The normalized spacial score (nSPS) is 13.4. The molecule has 0 amide bonds. The van der Waals surface area contributed by atoms with Crippen molar-refractivity contribution in [3.63, 3.8) is 0 Å². The van der Waals surface area contributed by atoms with Gasteiger partial charge in [0, 0.05) is 5.69 Å². The molecule has 1 aromatic heterocycles. The number of nitrogens with zero attached hydrogens (tertiary/aromatic N) is 1. The summed E-state index contributed by atoms with van der Waals surface area (Å²) in [4.78, 5) is 3.79. The standard InChI is InChI=1S/C8H8ClF2NO/c1-4-2-5(3-6(9)12-4)7(13)8(10)11/h2-3,7-8,13H,1H3. The summed E-state index contributed by atoms with van der Waals surface area (Å²) < 4.78 is 24.1. The summed E-state index contributed by atoms with van der Waals surface area (Å²) in [6.07, 6.45) is -4.60. The molecule has 0 aliphatic heterocycles. The number of hydrogen-bond donors (Lipinski definition) is 1. The van der Waals surface area contributed by atoms with E-state index in [1.807, 2.05) is 0 Å². The molecule has 1 atom stereocenters. The topological polar surface area (TPSA) is 33.1 Å². The van der Waals surface area contributed by atoms with Crippen molar-refractivity contribution in [3.05, 3.63) is 28.5 Å². The van der Waals surface area contributed by atoms with Crippen LogP contribution in [-0.2, 0) is 0 Å². The molecule has 0 saturated heterocycles. The monoisotopic (exact) mass is 207 g/mol. The Hall–Kier alpha value is -0.740. The molecule has 0 aromatic carbocycles. The Labute approximate surface area is 79.2 Å². The van der Waals surface area contributed by atoms with Gasteiger partial charge in [0.25, 0.3) is 6.43 Å². The minimum absolute atomic E-state index is 0.0903. The van der Waals surface area contributed by atoms with Gasteiger partial charge in [0.2, 0.25) is 0 Å². The lowest BCUT2D eigenvalue weighted by molar-refractivity contribution is -0.00584. The van der Waals surface area contributed by atoms with Crippen LogP contribution in [0.4, 0.5) is 8.78 Å². The SMILES string of the molecule is Cc1cc(C(O)C(F)F)cc(Cl)n1. The Kier molecular flexibility index (Phi) is 3.17. The first kappa shape index (κ1) is 10.3. The van der Waals surface area contributed by atoms with Crippen LogP contribution in [0.2, 0.25) is 5.15 Å². The van der Waals surface area contributed by atoms with E-state index in [0.29, 0.717) is 5.69 Å². The maximum atomic E-state index is 12.1. The highest BCUT2D eigenvalue weighted by Crippen LogP contribution is 2.22. The van der Waals surface area contributed by atoms with E-state index >= 15 is 0 Å². The summed E-state index contributed by atoms with van der Waals surface area (Å²) >= 11 is 5.53.